The quantitative estimate of drug-likeness (QED) is 0.324. The highest BCUT2D eigenvalue weighted by Gasteiger charge is 2.29. The molecule has 2 aliphatic heterocycles. The van der Waals surface area contributed by atoms with Gasteiger partial charge >= 0.3 is 5.97 Å². The van der Waals surface area contributed by atoms with Gasteiger partial charge in [0.05, 0.1) is 53.7 Å². The average Bonchev–Trinajstić information content (AvgIpc) is 2.91. The summed E-state index contributed by atoms with van der Waals surface area (Å²) in [4.78, 5) is 29.2. The lowest BCUT2D eigenvalue weighted by atomic mass is 9.97. The molecule has 0 bridgehead atoms. The van der Waals surface area contributed by atoms with Crippen LogP contribution < -0.4 is 9.64 Å². The number of carbonyl (C=O) groups is 2. The first-order valence-corrected chi connectivity index (χ1v) is 13.3. The normalized spacial score (nSPS) is 15.1. The summed E-state index contributed by atoms with van der Waals surface area (Å²) in [5.74, 6) is -1.14. The molecule has 1 amide bonds. The zero-order chi connectivity index (χ0) is 27.0. The van der Waals surface area contributed by atoms with Gasteiger partial charge in [0, 0.05) is 34.3 Å². The molecule has 3 aromatic rings. The largest absolute Gasteiger partial charge is 0.472 e. The zero-order valence-electron chi connectivity index (χ0n) is 20.2. The molecule has 1 fully saturated rings. The van der Waals surface area contributed by atoms with E-state index < -0.39 is 11.8 Å². The lowest BCUT2D eigenvalue weighted by molar-refractivity contribution is 0.0515. The van der Waals surface area contributed by atoms with E-state index in [0.717, 1.165) is 0 Å². The molecule has 5 rings (SSSR count). The minimum Gasteiger partial charge on any atom is -0.472 e. The smallest absolute Gasteiger partial charge is 0.340 e. The van der Waals surface area contributed by atoms with E-state index in [2.05, 4.69) is 15.9 Å². The Kier molecular flexibility index (Phi) is 7.81. The van der Waals surface area contributed by atoms with Crippen LogP contribution >= 0.6 is 39.1 Å². The van der Waals surface area contributed by atoms with Crippen molar-refractivity contribution in [3.63, 3.8) is 0 Å². The Morgan fingerprint density at radius 3 is 2.45 bits per heavy atom. The molecule has 0 atom stereocenters. The van der Waals surface area contributed by atoms with E-state index >= 15 is 4.39 Å². The van der Waals surface area contributed by atoms with Gasteiger partial charge in [-0.15, -0.1) is 0 Å². The van der Waals surface area contributed by atoms with Gasteiger partial charge in [-0.1, -0.05) is 57.3 Å². The molecule has 198 valence electrons. The topological polar surface area (TPSA) is 68.3 Å². The van der Waals surface area contributed by atoms with Crippen molar-refractivity contribution >= 4 is 56.7 Å². The summed E-state index contributed by atoms with van der Waals surface area (Å²) in [7, 11) is 1.26. The van der Waals surface area contributed by atoms with E-state index in [0.29, 0.717) is 53.3 Å². The number of methoxy groups -OCH3 is 1. The maximum Gasteiger partial charge on any atom is 0.340 e. The summed E-state index contributed by atoms with van der Waals surface area (Å²) < 4.78 is 32.5. The molecule has 7 nitrogen and oxygen atoms in total. The van der Waals surface area contributed by atoms with Crippen molar-refractivity contribution in [3.8, 4) is 16.9 Å². The molecule has 0 unspecified atom stereocenters. The molecule has 0 N–H and O–H groups in total. The van der Waals surface area contributed by atoms with E-state index in [-0.39, 0.29) is 45.9 Å². The van der Waals surface area contributed by atoms with Crippen LogP contribution in [0.15, 0.2) is 46.9 Å². The van der Waals surface area contributed by atoms with Crippen LogP contribution in [0.25, 0.3) is 11.1 Å². The van der Waals surface area contributed by atoms with E-state index in [9.17, 15) is 9.59 Å². The van der Waals surface area contributed by atoms with Gasteiger partial charge in [-0.2, -0.15) is 0 Å². The lowest BCUT2D eigenvalue weighted by Crippen LogP contribution is -2.37. The second kappa shape index (κ2) is 11.1. The number of para-hydroxylation sites is 1. The summed E-state index contributed by atoms with van der Waals surface area (Å²) in [6, 6.07) is 11.4. The fourth-order valence-corrected chi connectivity index (χ4v) is 6.00. The number of ether oxygens (including phenoxy) is 3. The third-order valence-corrected chi connectivity index (χ3v) is 7.52. The number of morpholine rings is 1. The number of hydrogen-bond acceptors (Lipinski definition) is 6. The maximum absolute atomic E-state index is 15.5. The Balaban J connectivity index is 1.51. The van der Waals surface area contributed by atoms with E-state index in [1.54, 1.807) is 30.3 Å². The highest BCUT2D eigenvalue weighted by molar-refractivity contribution is 9.10. The van der Waals surface area contributed by atoms with E-state index in [4.69, 9.17) is 37.4 Å². The van der Waals surface area contributed by atoms with Gasteiger partial charge in [-0.3, -0.25) is 4.79 Å². The van der Waals surface area contributed by atoms with Crippen molar-refractivity contribution in [1.29, 1.82) is 0 Å². The van der Waals surface area contributed by atoms with Gasteiger partial charge in [0.1, 0.15) is 11.6 Å². The molecule has 0 aromatic heterocycles. The number of nitrogens with zero attached hydrogens (tertiary/aromatic N) is 2. The summed E-state index contributed by atoms with van der Waals surface area (Å²) in [6.07, 6.45) is 0. The number of benzene rings is 3. The molecule has 0 radical (unpaired) electrons. The molecule has 3 aromatic carbocycles. The number of fused-ring (bicyclic) bond motifs is 1. The highest BCUT2D eigenvalue weighted by Crippen LogP contribution is 2.41. The van der Waals surface area contributed by atoms with Crippen LogP contribution in [-0.2, 0) is 16.0 Å². The summed E-state index contributed by atoms with van der Waals surface area (Å²) in [5, 5.41) is 0.440. The zero-order valence-corrected chi connectivity index (χ0v) is 23.3. The van der Waals surface area contributed by atoms with Crippen LogP contribution in [-0.4, -0.2) is 56.9 Å². The van der Waals surface area contributed by atoms with Crippen LogP contribution in [0.5, 0.6) is 5.75 Å². The number of halogens is 4. The maximum atomic E-state index is 15.5. The Hall–Kier alpha value is -2.85. The Labute approximate surface area is 237 Å². The molecule has 0 saturated carbocycles. The van der Waals surface area contributed by atoms with Crippen molar-refractivity contribution in [2.75, 3.05) is 45.0 Å². The monoisotopic (exact) mass is 622 g/mol. The fourth-order valence-electron chi connectivity index (χ4n) is 4.63. The second-order valence-electron chi connectivity index (χ2n) is 8.75. The van der Waals surface area contributed by atoms with Crippen LogP contribution in [0.1, 0.15) is 26.3 Å². The Bertz CT molecular complexity index is 1410. The molecule has 38 heavy (non-hydrogen) atoms. The van der Waals surface area contributed by atoms with Gasteiger partial charge in [0.15, 0.2) is 6.73 Å². The standard InChI is InChI=1S/C27H22BrCl2FN2O5/c1-36-27(35)19-11-22(31)18(12-23(19)32-5-7-37-8-6-32)17-4-2-3-15-13-33(14-38-25(15)17)26(34)24-20(29)9-16(28)10-21(24)30/h2-4,9-12H,5-8,13-14H2,1H3. The minimum atomic E-state index is -0.623. The Morgan fingerprint density at radius 2 is 1.76 bits per heavy atom. The van der Waals surface area contributed by atoms with Crippen molar-refractivity contribution in [2.45, 2.75) is 6.54 Å². The summed E-state index contributed by atoms with van der Waals surface area (Å²) in [5.41, 5.74) is 2.35. The van der Waals surface area contributed by atoms with Gasteiger partial charge in [0.2, 0.25) is 0 Å². The fraction of sp³-hybridized carbons (Fsp3) is 0.259. The third-order valence-electron chi connectivity index (χ3n) is 6.46. The van der Waals surface area contributed by atoms with Gasteiger partial charge in [-0.25, -0.2) is 9.18 Å². The van der Waals surface area contributed by atoms with Crippen molar-refractivity contribution in [3.05, 3.63) is 79.5 Å². The summed E-state index contributed by atoms with van der Waals surface area (Å²) >= 11 is 15.9. The van der Waals surface area contributed by atoms with Gasteiger partial charge in [0.25, 0.3) is 5.91 Å². The van der Waals surface area contributed by atoms with Crippen LogP contribution in [0.4, 0.5) is 10.1 Å². The van der Waals surface area contributed by atoms with Crippen molar-refractivity contribution in [2.24, 2.45) is 0 Å². The van der Waals surface area contributed by atoms with Crippen LogP contribution in [0.2, 0.25) is 10.0 Å². The Morgan fingerprint density at radius 1 is 1.05 bits per heavy atom. The second-order valence-corrected chi connectivity index (χ2v) is 10.5. The van der Waals surface area contributed by atoms with Crippen LogP contribution in [0.3, 0.4) is 0 Å². The number of amides is 1. The first kappa shape index (κ1) is 26.7. The molecule has 0 spiro atoms. The number of rotatable bonds is 4. The minimum absolute atomic E-state index is 0.0796. The molecular weight excluding hydrogens is 602 g/mol. The number of carbonyl (C=O) groups excluding carboxylic acids is 2. The summed E-state index contributed by atoms with van der Waals surface area (Å²) in [6.45, 7) is 2.22. The first-order chi connectivity index (χ1) is 18.3. The van der Waals surface area contributed by atoms with Gasteiger partial charge in [-0.05, 0) is 24.3 Å². The first-order valence-electron chi connectivity index (χ1n) is 11.7. The van der Waals surface area contributed by atoms with E-state index in [1.165, 1.54) is 18.1 Å². The highest BCUT2D eigenvalue weighted by atomic mass is 79.9. The van der Waals surface area contributed by atoms with E-state index in [1.807, 2.05) is 11.0 Å². The average molecular weight is 624 g/mol. The molecule has 1 saturated heterocycles. The molecular formula is C27H22BrCl2FN2O5. The third kappa shape index (κ3) is 5.08. The van der Waals surface area contributed by atoms with Crippen molar-refractivity contribution in [1.82, 2.24) is 4.90 Å². The molecule has 2 heterocycles. The molecule has 0 aliphatic carbocycles. The molecule has 11 heteroatoms. The number of hydrogen-bond donors (Lipinski definition) is 0. The molecule has 2 aliphatic rings. The van der Waals surface area contributed by atoms with Crippen LogP contribution in [0, 0.1) is 5.82 Å². The number of anilines is 1. The SMILES string of the molecule is COC(=O)c1cc(F)c(-c2cccc3c2OCN(C(=O)c2c(Cl)cc(Br)cc2Cl)C3)cc1N1CCOCC1. The lowest BCUT2D eigenvalue weighted by Gasteiger charge is -2.32. The van der Waals surface area contributed by atoms with Gasteiger partial charge < -0.3 is 24.0 Å². The predicted octanol–water partition coefficient (Wildman–Crippen LogP) is 6.18. The predicted molar refractivity (Wildman–Crippen MR) is 146 cm³/mol. The van der Waals surface area contributed by atoms with Crippen molar-refractivity contribution < 1.29 is 28.2 Å². The number of esters is 1.